The van der Waals surface area contributed by atoms with Crippen molar-refractivity contribution in [1.29, 1.82) is 0 Å². The van der Waals surface area contributed by atoms with Gasteiger partial charge in [-0.1, -0.05) is 5.21 Å². The van der Waals surface area contributed by atoms with Gasteiger partial charge in [0.15, 0.2) is 0 Å². The number of ether oxygens (including phenoxy) is 1. The number of methoxy groups -OCH3 is 1. The van der Waals surface area contributed by atoms with Crippen molar-refractivity contribution in [1.82, 2.24) is 15.0 Å². The summed E-state index contributed by atoms with van der Waals surface area (Å²) in [5.74, 6) is 0. The van der Waals surface area contributed by atoms with Gasteiger partial charge < -0.3 is 10.5 Å². The molecule has 1 rings (SSSR count). The predicted octanol–water partition coefficient (Wildman–Crippen LogP) is 0.530. The highest BCUT2D eigenvalue weighted by Gasteiger charge is 2.30. The second-order valence-corrected chi connectivity index (χ2v) is 3.54. The van der Waals surface area contributed by atoms with Gasteiger partial charge >= 0.3 is 6.18 Å². The minimum Gasteiger partial charge on any atom is -0.384 e. The number of hydrogen-bond donors (Lipinski definition) is 1. The van der Waals surface area contributed by atoms with Gasteiger partial charge in [0.1, 0.15) is 6.54 Å². The van der Waals surface area contributed by atoms with Crippen molar-refractivity contribution in [2.75, 3.05) is 20.3 Å². The summed E-state index contributed by atoms with van der Waals surface area (Å²) in [6.45, 7) is -0.489. The average molecular weight is 252 g/mol. The van der Waals surface area contributed by atoms with Gasteiger partial charge in [-0.2, -0.15) is 13.2 Å². The van der Waals surface area contributed by atoms with E-state index in [9.17, 15) is 13.2 Å². The summed E-state index contributed by atoms with van der Waals surface area (Å²) in [6, 6.07) is 0. The molecule has 2 N–H and O–H groups in total. The molecular formula is C9H15F3N4O. The van der Waals surface area contributed by atoms with E-state index < -0.39 is 12.7 Å². The monoisotopic (exact) mass is 252 g/mol. The lowest BCUT2D eigenvalue weighted by Crippen LogP contribution is -2.21. The molecule has 0 saturated heterocycles. The van der Waals surface area contributed by atoms with Crippen LogP contribution in [0.25, 0.3) is 0 Å². The van der Waals surface area contributed by atoms with Crippen LogP contribution in [0.5, 0.6) is 0 Å². The van der Waals surface area contributed by atoms with Gasteiger partial charge in [0.05, 0.1) is 18.0 Å². The maximum atomic E-state index is 12.3. The number of halogens is 3. The zero-order valence-corrected chi connectivity index (χ0v) is 9.50. The van der Waals surface area contributed by atoms with E-state index in [0.29, 0.717) is 37.4 Å². The first-order valence-corrected chi connectivity index (χ1v) is 5.15. The molecule has 0 radical (unpaired) electrons. The van der Waals surface area contributed by atoms with E-state index in [1.165, 1.54) is 7.11 Å². The summed E-state index contributed by atoms with van der Waals surface area (Å²) in [4.78, 5) is 0. The predicted molar refractivity (Wildman–Crippen MR) is 54.4 cm³/mol. The first-order valence-electron chi connectivity index (χ1n) is 5.15. The molecule has 1 aromatic heterocycles. The number of nitrogens with zero attached hydrogens (tertiary/aromatic N) is 3. The molecule has 1 aromatic rings. The van der Waals surface area contributed by atoms with Crippen molar-refractivity contribution in [3.05, 3.63) is 11.4 Å². The molecule has 0 saturated carbocycles. The maximum Gasteiger partial charge on any atom is 0.408 e. The van der Waals surface area contributed by atoms with Crippen LogP contribution in [-0.4, -0.2) is 41.4 Å². The van der Waals surface area contributed by atoms with Crippen LogP contribution in [0.3, 0.4) is 0 Å². The van der Waals surface area contributed by atoms with Crippen LogP contribution in [0.2, 0.25) is 0 Å². The van der Waals surface area contributed by atoms with Crippen LogP contribution in [0.1, 0.15) is 11.4 Å². The third-order valence-electron chi connectivity index (χ3n) is 2.17. The van der Waals surface area contributed by atoms with Gasteiger partial charge in [-0.15, -0.1) is 5.10 Å². The molecule has 0 amide bonds. The van der Waals surface area contributed by atoms with Crippen LogP contribution < -0.4 is 5.73 Å². The number of hydrogen-bond acceptors (Lipinski definition) is 4. The van der Waals surface area contributed by atoms with Crippen molar-refractivity contribution < 1.29 is 17.9 Å². The van der Waals surface area contributed by atoms with Crippen LogP contribution in [-0.2, 0) is 24.1 Å². The van der Waals surface area contributed by atoms with Gasteiger partial charge in [-0.25, -0.2) is 4.68 Å². The van der Waals surface area contributed by atoms with E-state index in [1.54, 1.807) is 0 Å². The van der Waals surface area contributed by atoms with Gasteiger partial charge in [0.2, 0.25) is 0 Å². The van der Waals surface area contributed by atoms with Crippen molar-refractivity contribution in [2.45, 2.75) is 25.6 Å². The van der Waals surface area contributed by atoms with E-state index in [-0.39, 0.29) is 0 Å². The summed E-state index contributed by atoms with van der Waals surface area (Å²) >= 11 is 0. The molecule has 0 spiro atoms. The molecule has 98 valence electrons. The second-order valence-electron chi connectivity index (χ2n) is 3.54. The Kier molecular flexibility index (Phi) is 4.88. The van der Waals surface area contributed by atoms with Gasteiger partial charge in [0, 0.05) is 20.0 Å². The topological polar surface area (TPSA) is 66.0 Å². The molecule has 17 heavy (non-hydrogen) atoms. The first kappa shape index (κ1) is 13.9. The fourth-order valence-corrected chi connectivity index (χ4v) is 1.47. The Morgan fingerprint density at radius 2 is 2.06 bits per heavy atom. The SMILES string of the molecule is COCCc1c(CCN)nnn1CC(F)(F)F. The Morgan fingerprint density at radius 3 is 2.59 bits per heavy atom. The molecule has 0 aliphatic carbocycles. The highest BCUT2D eigenvalue weighted by molar-refractivity contribution is 5.11. The molecule has 0 aliphatic rings. The van der Waals surface area contributed by atoms with Crippen LogP contribution in [0.15, 0.2) is 0 Å². The third kappa shape index (κ3) is 4.31. The molecule has 8 heteroatoms. The average Bonchev–Trinajstić information content (AvgIpc) is 2.56. The van der Waals surface area contributed by atoms with Crippen LogP contribution >= 0.6 is 0 Å². The number of nitrogens with two attached hydrogens (primary N) is 1. The molecule has 5 nitrogen and oxygen atoms in total. The quantitative estimate of drug-likeness (QED) is 0.802. The van der Waals surface area contributed by atoms with Crippen molar-refractivity contribution in [2.24, 2.45) is 5.73 Å². The van der Waals surface area contributed by atoms with Crippen molar-refractivity contribution in [3.8, 4) is 0 Å². The van der Waals surface area contributed by atoms with E-state index >= 15 is 0 Å². The zero-order valence-electron chi connectivity index (χ0n) is 9.50. The highest BCUT2D eigenvalue weighted by atomic mass is 19.4. The van der Waals surface area contributed by atoms with Crippen molar-refractivity contribution >= 4 is 0 Å². The lowest BCUT2D eigenvalue weighted by atomic mass is 10.2. The smallest absolute Gasteiger partial charge is 0.384 e. The van der Waals surface area contributed by atoms with E-state index in [4.69, 9.17) is 10.5 Å². The number of aromatic nitrogens is 3. The molecule has 0 bridgehead atoms. The van der Waals surface area contributed by atoms with E-state index in [2.05, 4.69) is 10.3 Å². The van der Waals surface area contributed by atoms with Crippen LogP contribution in [0.4, 0.5) is 13.2 Å². The molecule has 0 unspecified atom stereocenters. The Morgan fingerprint density at radius 1 is 1.35 bits per heavy atom. The Labute approximate surface area is 96.7 Å². The number of rotatable bonds is 6. The van der Waals surface area contributed by atoms with Gasteiger partial charge in [-0.05, 0) is 6.54 Å². The molecule has 0 atom stereocenters. The fraction of sp³-hybridized carbons (Fsp3) is 0.778. The van der Waals surface area contributed by atoms with Gasteiger partial charge in [0.25, 0.3) is 0 Å². The Bertz CT molecular complexity index is 351. The van der Waals surface area contributed by atoms with Crippen molar-refractivity contribution in [3.63, 3.8) is 0 Å². The summed E-state index contributed by atoms with van der Waals surface area (Å²) in [7, 11) is 1.49. The molecule has 0 aliphatic heterocycles. The Hall–Kier alpha value is -1.15. The zero-order chi connectivity index (χ0) is 12.9. The van der Waals surface area contributed by atoms with Gasteiger partial charge in [-0.3, -0.25) is 0 Å². The molecule has 0 fully saturated rings. The summed E-state index contributed by atoms with van der Waals surface area (Å²) in [5, 5.41) is 7.23. The van der Waals surface area contributed by atoms with E-state index in [1.807, 2.05) is 0 Å². The lowest BCUT2D eigenvalue weighted by molar-refractivity contribution is -0.143. The first-order chi connectivity index (χ1) is 7.98. The summed E-state index contributed by atoms with van der Waals surface area (Å²) in [6.07, 6.45) is -3.55. The summed E-state index contributed by atoms with van der Waals surface area (Å²) < 4.78 is 42.6. The lowest BCUT2D eigenvalue weighted by Gasteiger charge is -2.09. The third-order valence-corrected chi connectivity index (χ3v) is 2.17. The molecule has 1 heterocycles. The molecule has 0 aromatic carbocycles. The highest BCUT2D eigenvalue weighted by Crippen LogP contribution is 2.19. The normalized spacial score (nSPS) is 12.1. The van der Waals surface area contributed by atoms with E-state index in [0.717, 1.165) is 4.68 Å². The van der Waals surface area contributed by atoms with Crippen LogP contribution in [0, 0.1) is 0 Å². The fourth-order valence-electron chi connectivity index (χ4n) is 1.47. The summed E-state index contributed by atoms with van der Waals surface area (Å²) in [5.41, 5.74) is 6.31. The maximum absolute atomic E-state index is 12.3. The number of alkyl halides is 3. The Balaban J connectivity index is 2.87. The largest absolute Gasteiger partial charge is 0.408 e. The second kappa shape index (κ2) is 5.97. The minimum atomic E-state index is -4.31. The minimum absolute atomic E-state index is 0.322. The molecular weight excluding hydrogens is 237 g/mol. The standard InChI is InChI=1S/C9H15F3N4O/c1-17-5-3-8-7(2-4-13)14-15-16(8)6-9(10,11)12/h2-6,13H2,1H3.